The molecule has 0 aliphatic rings. The first-order chi connectivity index (χ1) is 6.25. The average Bonchev–Trinajstić information content (AvgIpc) is 1.79. The Hall–Kier alpha value is -0.996. The molecule has 0 bridgehead atoms. The van der Waals surface area contributed by atoms with Crippen molar-refractivity contribution in [3.05, 3.63) is 23.7 Å². The van der Waals surface area contributed by atoms with Crippen LogP contribution in [0, 0.1) is 0 Å². The third-order valence-corrected chi connectivity index (χ3v) is 0.813. The van der Waals surface area contributed by atoms with Crippen LogP contribution >= 0.6 is 0 Å². The van der Waals surface area contributed by atoms with Crippen molar-refractivity contribution in [2.24, 2.45) is 0 Å². The van der Waals surface area contributed by atoms with Gasteiger partial charge in [0.15, 0.2) is 11.6 Å². The van der Waals surface area contributed by atoms with E-state index in [1.165, 1.54) is 27.7 Å². The van der Waals surface area contributed by atoms with Gasteiger partial charge in [0.25, 0.3) is 0 Å². The third-order valence-electron chi connectivity index (χ3n) is 0.813. The summed E-state index contributed by atoms with van der Waals surface area (Å²) in [6, 6.07) is 0. The second kappa shape index (κ2) is 11.1. The molecular formula is C10H14O4V-2. The predicted molar refractivity (Wildman–Crippen MR) is 48.9 cm³/mol. The van der Waals surface area contributed by atoms with Gasteiger partial charge in [-0.1, -0.05) is 13.8 Å². The van der Waals surface area contributed by atoms with Crippen molar-refractivity contribution in [3.8, 4) is 0 Å². The third kappa shape index (κ3) is 32.1. The van der Waals surface area contributed by atoms with Crippen LogP contribution in [0.2, 0.25) is 0 Å². The maximum Gasteiger partial charge on any atom is 0.151 e. The van der Waals surface area contributed by atoms with Gasteiger partial charge in [-0.15, -0.1) is 11.5 Å². The molecule has 0 aromatic carbocycles. The summed E-state index contributed by atoms with van der Waals surface area (Å²) >= 11 is 0. The fourth-order valence-electron chi connectivity index (χ4n) is 0.572. The molecule has 0 aliphatic carbocycles. The Kier molecular flexibility index (Phi) is 14.4. The van der Waals surface area contributed by atoms with Crippen molar-refractivity contribution in [3.63, 3.8) is 0 Å². The predicted octanol–water partition coefficient (Wildman–Crippen LogP) is -0.324. The normalized spacial score (nSPS) is 10.7. The maximum absolute atomic E-state index is 9.98. The van der Waals surface area contributed by atoms with Crippen LogP contribution < -0.4 is 10.2 Å². The van der Waals surface area contributed by atoms with Crippen LogP contribution in [-0.2, 0) is 28.1 Å². The van der Waals surface area contributed by atoms with Crippen LogP contribution in [0.3, 0.4) is 0 Å². The van der Waals surface area contributed by atoms with E-state index in [0.29, 0.717) is 0 Å². The molecule has 4 nitrogen and oxygen atoms in total. The van der Waals surface area contributed by atoms with Crippen LogP contribution in [0.4, 0.5) is 0 Å². The first-order valence-electron chi connectivity index (χ1n) is 3.97. The number of hydrogen-bond acceptors (Lipinski definition) is 4. The summed E-state index contributed by atoms with van der Waals surface area (Å²) in [6.45, 7) is 5.39. The second-order valence-electron chi connectivity index (χ2n) is 2.73. The SMILES string of the molecule is CC(=O)/C=C(/C)[O-].CC(=O)/C=C(/C)[O-].[V]. The Labute approximate surface area is 102 Å². The molecule has 0 aromatic heterocycles. The van der Waals surface area contributed by atoms with Crippen LogP contribution in [-0.4, -0.2) is 11.6 Å². The number of ketones is 2. The van der Waals surface area contributed by atoms with Gasteiger partial charge in [0.1, 0.15) is 0 Å². The van der Waals surface area contributed by atoms with Crippen LogP contribution in [0.15, 0.2) is 23.7 Å². The van der Waals surface area contributed by atoms with Crippen molar-refractivity contribution in [1.82, 2.24) is 0 Å². The van der Waals surface area contributed by atoms with Gasteiger partial charge in [0.2, 0.25) is 0 Å². The zero-order chi connectivity index (χ0) is 11.7. The molecule has 0 unspecified atom stereocenters. The first kappa shape index (κ1) is 19.6. The van der Waals surface area contributed by atoms with Crippen molar-refractivity contribution in [2.45, 2.75) is 27.7 Å². The maximum atomic E-state index is 9.98. The summed E-state index contributed by atoms with van der Waals surface area (Å²) < 4.78 is 0. The second-order valence-corrected chi connectivity index (χ2v) is 2.73. The van der Waals surface area contributed by atoms with E-state index in [-0.39, 0.29) is 41.6 Å². The molecule has 0 aliphatic heterocycles. The zero-order valence-corrected chi connectivity index (χ0v) is 10.6. The topological polar surface area (TPSA) is 80.3 Å². The molecule has 0 spiro atoms. The van der Waals surface area contributed by atoms with E-state index >= 15 is 0 Å². The van der Waals surface area contributed by atoms with E-state index in [2.05, 4.69) is 0 Å². The molecule has 15 heavy (non-hydrogen) atoms. The van der Waals surface area contributed by atoms with E-state index in [0.717, 1.165) is 12.2 Å². The molecule has 0 saturated heterocycles. The van der Waals surface area contributed by atoms with E-state index in [4.69, 9.17) is 0 Å². The van der Waals surface area contributed by atoms with E-state index in [1.54, 1.807) is 0 Å². The summed E-state index contributed by atoms with van der Waals surface area (Å²) in [6.07, 6.45) is 2.11. The minimum absolute atomic E-state index is 0. The van der Waals surface area contributed by atoms with Crippen molar-refractivity contribution >= 4 is 11.6 Å². The largest absolute Gasteiger partial charge is 0.876 e. The van der Waals surface area contributed by atoms with Gasteiger partial charge < -0.3 is 10.2 Å². The monoisotopic (exact) mass is 249 g/mol. The van der Waals surface area contributed by atoms with Gasteiger partial charge in [0, 0.05) is 18.6 Å². The van der Waals surface area contributed by atoms with Gasteiger partial charge in [-0.2, -0.15) is 0 Å². The summed E-state index contributed by atoms with van der Waals surface area (Å²) in [5.74, 6) is -0.750. The fraction of sp³-hybridized carbons (Fsp3) is 0.400. The standard InChI is InChI=1S/2C5H8O2.V/c2*1-4(6)3-5(2)7;/h2*3,6H,1-2H3;/p-2/b2*4-3-;. The summed E-state index contributed by atoms with van der Waals surface area (Å²) in [4.78, 5) is 20.0. The van der Waals surface area contributed by atoms with Crippen molar-refractivity contribution in [2.75, 3.05) is 0 Å². The van der Waals surface area contributed by atoms with Crippen LogP contribution in [0.25, 0.3) is 0 Å². The first-order valence-corrected chi connectivity index (χ1v) is 3.97. The number of hydrogen-bond donors (Lipinski definition) is 0. The van der Waals surface area contributed by atoms with Gasteiger partial charge in [-0.25, -0.2) is 0 Å². The summed E-state index contributed by atoms with van der Waals surface area (Å²) in [5.41, 5.74) is 0. The molecule has 0 aromatic rings. The Morgan fingerprint density at radius 1 is 0.800 bits per heavy atom. The Morgan fingerprint density at radius 3 is 1.00 bits per heavy atom. The zero-order valence-electron chi connectivity index (χ0n) is 9.23. The van der Waals surface area contributed by atoms with E-state index in [1.807, 2.05) is 0 Å². The van der Waals surface area contributed by atoms with E-state index < -0.39 is 0 Å². The minimum Gasteiger partial charge on any atom is -0.876 e. The molecule has 1 radical (unpaired) electrons. The van der Waals surface area contributed by atoms with Crippen molar-refractivity contribution < 1.29 is 38.4 Å². The minimum atomic E-state index is -0.187. The van der Waals surface area contributed by atoms with Gasteiger partial charge in [-0.05, 0) is 26.0 Å². The van der Waals surface area contributed by atoms with Gasteiger partial charge in [0.05, 0.1) is 0 Å². The molecule has 0 heterocycles. The molecule has 85 valence electrons. The molecule has 0 saturated carbocycles. The fourth-order valence-corrected chi connectivity index (χ4v) is 0.572. The quantitative estimate of drug-likeness (QED) is 0.496. The molecule has 0 fully saturated rings. The van der Waals surface area contributed by atoms with Gasteiger partial charge in [-0.3, -0.25) is 9.59 Å². The van der Waals surface area contributed by atoms with Crippen LogP contribution in [0.5, 0.6) is 0 Å². The Balaban J connectivity index is -0.000000180. The molecule has 5 heteroatoms. The van der Waals surface area contributed by atoms with Crippen LogP contribution in [0.1, 0.15) is 27.7 Å². The molecule has 0 N–H and O–H groups in total. The number of carbonyl (C=O) groups is 2. The number of rotatable bonds is 2. The summed E-state index contributed by atoms with van der Waals surface area (Å²) in [7, 11) is 0. The smallest absolute Gasteiger partial charge is 0.151 e. The molecule has 0 amide bonds. The molecule has 0 atom stereocenters. The molecule has 0 rings (SSSR count). The molecular weight excluding hydrogens is 235 g/mol. The number of allylic oxidation sites excluding steroid dienone is 4. The summed E-state index contributed by atoms with van der Waals surface area (Å²) in [5, 5.41) is 20.0. The Bertz CT molecular complexity index is 231. The number of carbonyl (C=O) groups excluding carboxylic acids is 2. The van der Waals surface area contributed by atoms with E-state index in [9.17, 15) is 19.8 Å². The Morgan fingerprint density at radius 2 is 1.00 bits per heavy atom. The average molecular weight is 249 g/mol. The van der Waals surface area contributed by atoms with Crippen molar-refractivity contribution in [1.29, 1.82) is 0 Å². The van der Waals surface area contributed by atoms with Gasteiger partial charge >= 0.3 is 0 Å².